The predicted octanol–water partition coefficient (Wildman–Crippen LogP) is 0.911. The van der Waals surface area contributed by atoms with Gasteiger partial charge >= 0.3 is 5.97 Å². The number of aromatic carboxylic acids is 1. The van der Waals surface area contributed by atoms with Crippen molar-refractivity contribution in [2.75, 3.05) is 13.1 Å². The zero-order valence-electron chi connectivity index (χ0n) is 10.6. The van der Waals surface area contributed by atoms with Gasteiger partial charge in [-0.05, 0) is 24.5 Å². The zero-order chi connectivity index (χ0) is 13.8. The lowest BCUT2D eigenvalue weighted by molar-refractivity contribution is -0.132. The molecule has 1 aliphatic heterocycles. The molecule has 0 saturated carbocycles. The van der Waals surface area contributed by atoms with Gasteiger partial charge in [0, 0.05) is 13.1 Å². The Labute approximate surface area is 111 Å². The number of rotatable bonds is 3. The third-order valence-electron chi connectivity index (χ3n) is 3.41. The topological polar surface area (TPSA) is 77.8 Å². The van der Waals surface area contributed by atoms with Crippen molar-refractivity contribution in [2.45, 2.75) is 25.4 Å². The Morgan fingerprint density at radius 2 is 1.84 bits per heavy atom. The first-order chi connectivity index (χ1) is 9.08. The molecule has 0 unspecified atom stereocenters. The van der Waals surface area contributed by atoms with E-state index < -0.39 is 5.97 Å². The first-order valence-electron chi connectivity index (χ1n) is 6.35. The summed E-state index contributed by atoms with van der Waals surface area (Å²) in [6, 6.07) is 6.55. The van der Waals surface area contributed by atoms with Crippen LogP contribution < -0.4 is 0 Å². The molecule has 5 heteroatoms. The second kappa shape index (κ2) is 5.84. The number of amides is 1. The third-order valence-corrected chi connectivity index (χ3v) is 3.41. The van der Waals surface area contributed by atoms with Crippen LogP contribution >= 0.6 is 0 Å². The SMILES string of the molecule is O=C(O)c1ccccc1CC(=O)N1CCC(O)CC1. The smallest absolute Gasteiger partial charge is 0.335 e. The van der Waals surface area contributed by atoms with Gasteiger partial charge < -0.3 is 15.1 Å². The van der Waals surface area contributed by atoms with Gasteiger partial charge in [-0.25, -0.2) is 4.79 Å². The molecule has 0 atom stereocenters. The van der Waals surface area contributed by atoms with E-state index in [4.69, 9.17) is 5.11 Å². The minimum Gasteiger partial charge on any atom is -0.478 e. The van der Waals surface area contributed by atoms with E-state index in [-0.39, 0.29) is 24.0 Å². The van der Waals surface area contributed by atoms with Crippen molar-refractivity contribution in [1.29, 1.82) is 0 Å². The third kappa shape index (κ3) is 3.32. The van der Waals surface area contributed by atoms with Crippen LogP contribution in [0.4, 0.5) is 0 Å². The maximum atomic E-state index is 12.1. The molecular formula is C14H17NO4. The van der Waals surface area contributed by atoms with Gasteiger partial charge in [0.25, 0.3) is 0 Å². The number of benzene rings is 1. The molecule has 1 amide bonds. The van der Waals surface area contributed by atoms with Crippen LogP contribution in [0.15, 0.2) is 24.3 Å². The number of hydrogen-bond acceptors (Lipinski definition) is 3. The lowest BCUT2D eigenvalue weighted by Crippen LogP contribution is -2.40. The first kappa shape index (κ1) is 13.5. The van der Waals surface area contributed by atoms with E-state index in [0.717, 1.165) is 0 Å². The standard InChI is InChI=1S/C14H17NO4/c16-11-5-7-15(8-6-11)13(17)9-10-3-1-2-4-12(10)14(18)19/h1-4,11,16H,5-9H2,(H,18,19). The zero-order valence-corrected chi connectivity index (χ0v) is 10.6. The molecule has 2 N–H and O–H groups in total. The summed E-state index contributed by atoms with van der Waals surface area (Å²) in [5.41, 5.74) is 0.707. The summed E-state index contributed by atoms with van der Waals surface area (Å²) in [5.74, 6) is -1.10. The van der Waals surface area contributed by atoms with Gasteiger partial charge in [-0.2, -0.15) is 0 Å². The molecule has 2 rings (SSSR count). The van der Waals surface area contributed by atoms with Gasteiger partial charge in [0.1, 0.15) is 0 Å². The van der Waals surface area contributed by atoms with Crippen LogP contribution in [0.2, 0.25) is 0 Å². The summed E-state index contributed by atoms with van der Waals surface area (Å²) in [7, 11) is 0. The average Bonchev–Trinajstić information content (AvgIpc) is 2.39. The quantitative estimate of drug-likeness (QED) is 0.849. The number of aliphatic hydroxyl groups is 1. The molecule has 0 spiro atoms. The van der Waals surface area contributed by atoms with Crippen LogP contribution in [0.1, 0.15) is 28.8 Å². The minimum absolute atomic E-state index is 0.0828. The highest BCUT2D eigenvalue weighted by Gasteiger charge is 2.22. The Hall–Kier alpha value is -1.88. The van der Waals surface area contributed by atoms with Gasteiger partial charge in [-0.1, -0.05) is 18.2 Å². The largest absolute Gasteiger partial charge is 0.478 e. The van der Waals surface area contributed by atoms with Gasteiger partial charge in [0.2, 0.25) is 5.91 Å². The predicted molar refractivity (Wildman–Crippen MR) is 68.9 cm³/mol. The first-order valence-corrected chi connectivity index (χ1v) is 6.35. The monoisotopic (exact) mass is 263 g/mol. The van der Waals surface area contributed by atoms with Crippen LogP contribution in [0.3, 0.4) is 0 Å². The van der Waals surface area contributed by atoms with E-state index in [0.29, 0.717) is 31.5 Å². The molecule has 1 aliphatic rings. The summed E-state index contributed by atoms with van der Waals surface area (Å²) < 4.78 is 0. The van der Waals surface area contributed by atoms with Crippen molar-refractivity contribution in [3.63, 3.8) is 0 Å². The van der Waals surface area contributed by atoms with Crippen molar-refractivity contribution >= 4 is 11.9 Å². The second-order valence-electron chi connectivity index (χ2n) is 4.75. The molecule has 0 bridgehead atoms. The highest BCUT2D eigenvalue weighted by atomic mass is 16.4. The molecule has 19 heavy (non-hydrogen) atoms. The number of nitrogens with zero attached hydrogens (tertiary/aromatic N) is 1. The summed E-state index contributed by atoms with van der Waals surface area (Å²) in [4.78, 5) is 24.9. The lowest BCUT2D eigenvalue weighted by Gasteiger charge is -2.29. The summed E-state index contributed by atoms with van der Waals surface area (Å²) in [6.07, 6.45) is 0.951. The van der Waals surface area contributed by atoms with Crippen LogP contribution in [-0.4, -0.2) is 46.2 Å². The Balaban J connectivity index is 2.05. The fourth-order valence-corrected chi connectivity index (χ4v) is 2.27. The number of likely N-dealkylation sites (tertiary alicyclic amines) is 1. The molecular weight excluding hydrogens is 246 g/mol. The molecule has 1 fully saturated rings. The summed E-state index contributed by atoms with van der Waals surface area (Å²) >= 11 is 0. The van der Waals surface area contributed by atoms with Crippen LogP contribution in [0.25, 0.3) is 0 Å². The maximum Gasteiger partial charge on any atom is 0.335 e. The van der Waals surface area contributed by atoms with Gasteiger partial charge in [0.05, 0.1) is 18.1 Å². The molecule has 1 aromatic rings. The molecule has 1 aromatic carbocycles. The van der Waals surface area contributed by atoms with Crippen molar-refractivity contribution in [2.24, 2.45) is 0 Å². The Morgan fingerprint density at radius 3 is 2.47 bits per heavy atom. The molecule has 0 aliphatic carbocycles. The van der Waals surface area contributed by atoms with Gasteiger partial charge in [-0.3, -0.25) is 4.79 Å². The maximum absolute atomic E-state index is 12.1. The number of carbonyl (C=O) groups excluding carboxylic acids is 1. The van der Waals surface area contributed by atoms with E-state index >= 15 is 0 Å². The van der Waals surface area contributed by atoms with Crippen molar-refractivity contribution in [3.8, 4) is 0 Å². The summed E-state index contributed by atoms with van der Waals surface area (Å²) in [6.45, 7) is 1.07. The normalized spacial score (nSPS) is 16.4. The van der Waals surface area contributed by atoms with Gasteiger partial charge in [-0.15, -0.1) is 0 Å². The van der Waals surface area contributed by atoms with Crippen LogP contribution in [0, 0.1) is 0 Å². The van der Waals surface area contributed by atoms with Crippen molar-refractivity contribution in [1.82, 2.24) is 4.90 Å². The van der Waals surface area contributed by atoms with Gasteiger partial charge in [0.15, 0.2) is 0 Å². The van der Waals surface area contributed by atoms with E-state index in [1.54, 1.807) is 23.1 Å². The number of carboxylic acids is 1. The molecule has 0 radical (unpaired) electrons. The molecule has 102 valence electrons. The minimum atomic E-state index is -1.02. The van der Waals surface area contributed by atoms with Crippen molar-refractivity contribution in [3.05, 3.63) is 35.4 Å². The Kier molecular flexibility index (Phi) is 4.16. The number of carbonyl (C=O) groups is 2. The lowest BCUT2D eigenvalue weighted by atomic mass is 10.0. The number of hydrogen-bond donors (Lipinski definition) is 2. The van der Waals surface area contributed by atoms with E-state index in [2.05, 4.69) is 0 Å². The van der Waals surface area contributed by atoms with Crippen LogP contribution in [0.5, 0.6) is 0 Å². The van der Waals surface area contributed by atoms with Crippen LogP contribution in [-0.2, 0) is 11.2 Å². The number of piperidine rings is 1. The highest BCUT2D eigenvalue weighted by Crippen LogP contribution is 2.14. The molecule has 0 aromatic heterocycles. The van der Waals surface area contributed by atoms with E-state index in [1.165, 1.54) is 6.07 Å². The average molecular weight is 263 g/mol. The second-order valence-corrected chi connectivity index (χ2v) is 4.75. The molecule has 5 nitrogen and oxygen atoms in total. The Bertz CT molecular complexity index is 478. The molecule has 1 heterocycles. The fourth-order valence-electron chi connectivity index (χ4n) is 2.27. The molecule has 1 saturated heterocycles. The highest BCUT2D eigenvalue weighted by molar-refractivity contribution is 5.91. The van der Waals surface area contributed by atoms with E-state index in [1.807, 2.05) is 0 Å². The number of carboxylic acid groups (broad SMARTS) is 1. The Morgan fingerprint density at radius 1 is 1.21 bits per heavy atom. The number of aliphatic hydroxyl groups excluding tert-OH is 1. The summed E-state index contributed by atoms with van der Waals surface area (Å²) in [5, 5.41) is 18.5. The van der Waals surface area contributed by atoms with Crippen molar-refractivity contribution < 1.29 is 19.8 Å². The fraction of sp³-hybridized carbons (Fsp3) is 0.429. The van der Waals surface area contributed by atoms with E-state index in [9.17, 15) is 14.7 Å².